The number of hydrogen-bond donors (Lipinski definition) is 4. The van der Waals surface area contributed by atoms with Crippen molar-refractivity contribution in [3.63, 3.8) is 0 Å². The van der Waals surface area contributed by atoms with E-state index in [1.807, 2.05) is 30.4 Å². The maximum absolute atomic E-state index is 13.0. The molecule has 10 nitrogen and oxygen atoms in total. The van der Waals surface area contributed by atoms with Crippen molar-refractivity contribution in [1.82, 2.24) is 10.6 Å². The molecule has 2 aromatic rings. The number of hydrogen-bond acceptors (Lipinski definition) is 8. The minimum absolute atomic E-state index is 0.0249. The van der Waals surface area contributed by atoms with Crippen molar-refractivity contribution >= 4 is 23.9 Å². The highest BCUT2D eigenvalue weighted by Gasteiger charge is 2.42. The lowest BCUT2D eigenvalue weighted by Crippen LogP contribution is -2.43. The number of allylic oxidation sites excluding steroid dienone is 1. The summed E-state index contributed by atoms with van der Waals surface area (Å²) in [7, 11) is 0. The molecule has 1 fully saturated rings. The number of benzene rings is 2. The molecule has 4 rings (SSSR count). The Labute approximate surface area is 226 Å². The number of rotatable bonds is 11. The monoisotopic (exact) mass is 536 g/mol. The van der Waals surface area contributed by atoms with Gasteiger partial charge in [-0.15, -0.1) is 0 Å². The lowest BCUT2D eigenvalue weighted by molar-refractivity contribution is -0.121. The Kier molecular flexibility index (Phi) is 9.85. The Bertz CT molecular complexity index is 1240. The predicted octanol–water partition coefficient (Wildman–Crippen LogP) is 1.86. The predicted molar refractivity (Wildman–Crippen MR) is 142 cm³/mol. The summed E-state index contributed by atoms with van der Waals surface area (Å²) >= 11 is 0. The van der Waals surface area contributed by atoms with Crippen LogP contribution in [0.15, 0.2) is 66.3 Å². The third-order valence-electron chi connectivity index (χ3n) is 6.38. The second-order valence-electron chi connectivity index (χ2n) is 9.16. The normalized spacial score (nSPS) is 20.2. The van der Waals surface area contributed by atoms with Gasteiger partial charge in [-0.2, -0.15) is 0 Å². The summed E-state index contributed by atoms with van der Waals surface area (Å²) in [5, 5.41) is 23.9. The molecular formula is C29H32N2O8. The second-order valence-corrected chi connectivity index (χ2v) is 9.16. The van der Waals surface area contributed by atoms with Gasteiger partial charge in [0.1, 0.15) is 30.9 Å². The average Bonchev–Trinajstić information content (AvgIpc) is 3.42. The second kappa shape index (κ2) is 13.7. The number of fused-ring (bicyclic) bond motifs is 1. The minimum Gasteiger partial charge on any atom is -0.508 e. The van der Waals surface area contributed by atoms with E-state index >= 15 is 0 Å². The Balaban J connectivity index is 1.35. The van der Waals surface area contributed by atoms with Gasteiger partial charge in [-0.1, -0.05) is 42.5 Å². The topological polar surface area (TPSA) is 143 Å². The van der Waals surface area contributed by atoms with Gasteiger partial charge in [0.2, 0.25) is 11.8 Å². The number of nitrogens with one attached hydrogen (secondary N) is 2. The van der Waals surface area contributed by atoms with Crippen LogP contribution in [0.5, 0.6) is 5.75 Å². The first kappa shape index (κ1) is 28.0. The molecule has 0 spiro atoms. The summed E-state index contributed by atoms with van der Waals surface area (Å²) in [5.41, 5.74) is 2.33. The zero-order chi connectivity index (χ0) is 27.6. The lowest BCUT2D eigenvalue weighted by atomic mass is 9.91. The molecule has 206 valence electrons. The maximum Gasteiger partial charge on any atom is 0.338 e. The number of amides is 2. The zero-order valence-electron chi connectivity index (χ0n) is 21.4. The van der Waals surface area contributed by atoms with Crippen molar-refractivity contribution in [2.24, 2.45) is 0 Å². The summed E-state index contributed by atoms with van der Waals surface area (Å²) in [4.78, 5) is 37.5. The average molecular weight is 537 g/mol. The molecular weight excluding hydrogens is 504 g/mol. The third-order valence-corrected chi connectivity index (χ3v) is 6.38. The lowest BCUT2D eigenvalue weighted by Gasteiger charge is -2.30. The van der Waals surface area contributed by atoms with Crippen LogP contribution in [0.2, 0.25) is 0 Å². The van der Waals surface area contributed by atoms with Crippen LogP contribution in [-0.4, -0.2) is 72.8 Å². The molecule has 39 heavy (non-hydrogen) atoms. The van der Waals surface area contributed by atoms with Gasteiger partial charge in [0, 0.05) is 31.5 Å². The zero-order valence-corrected chi connectivity index (χ0v) is 21.4. The number of phenolic OH excluding ortho intramolecular Hbond substituents is 1. The molecule has 0 unspecified atom stereocenters. The van der Waals surface area contributed by atoms with E-state index in [4.69, 9.17) is 19.3 Å². The quantitative estimate of drug-likeness (QED) is 0.319. The molecule has 10 heteroatoms. The maximum atomic E-state index is 13.0. The molecule has 0 saturated carbocycles. The molecule has 1 heterocycles. The number of esters is 1. The van der Waals surface area contributed by atoms with Crippen molar-refractivity contribution in [2.45, 2.75) is 37.6 Å². The van der Waals surface area contributed by atoms with Gasteiger partial charge in [-0.25, -0.2) is 4.79 Å². The summed E-state index contributed by atoms with van der Waals surface area (Å²) in [6.07, 6.45) is 4.38. The minimum atomic E-state index is -0.733. The highest BCUT2D eigenvalue weighted by molar-refractivity contribution is 5.94. The molecule has 2 aliphatic rings. The summed E-state index contributed by atoms with van der Waals surface area (Å²) in [6.45, 7) is 0.143. The van der Waals surface area contributed by atoms with Crippen LogP contribution in [0.25, 0.3) is 6.08 Å². The molecule has 1 aliphatic heterocycles. The Morgan fingerprint density at radius 2 is 1.90 bits per heavy atom. The fourth-order valence-electron chi connectivity index (χ4n) is 4.39. The molecule has 0 aromatic heterocycles. The van der Waals surface area contributed by atoms with Crippen LogP contribution < -0.4 is 10.6 Å². The van der Waals surface area contributed by atoms with Gasteiger partial charge in [0.25, 0.3) is 0 Å². The van der Waals surface area contributed by atoms with Crippen LogP contribution >= 0.6 is 0 Å². The largest absolute Gasteiger partial charge is 0.508 e. The number of aliphatic hydroxyl groups excluding tert-OH is 1. The van der Waals surface area contributed by atoms with Gasteiger partial charge in [0.15, 0.2) is 0 Å². The van der Waals surface area contributed by atoms with Crippen LogP contribution in [0, 0.1) is 0 Å². The van der Waals surface area contributed by atoms with Crippen molar-refractivity contribution in [1.29, 1.82) is 0 Å². The van der Waals surface area contributed by atoms with Crippen LogP contribution in [0.1, 0.15) is 34.3 Å². The van der Waals surface area contributed by atoms with E-state index in [9.17, 15) is 19.5 Å². The molecule has 2 amide bonds. The molecule has 1 aliphatic carbocycles. The number of carbonyl (C=O) groups is 3. The Morgan fingerprint density at radius 3 is 2.72 bits per heavy atom. The molecule has 1 saturated heterocycles. The van der Waals surface area contributed by atoms with E-state index in [-0.39, 0.29) is 56.9 Å². The van der Waals surface area contributed by atoms with Crippen molar-refractivity contribution in [3.8, 4) is 5.75 Å². The van der Waals surface area contributed by atoms with Gasteiger partial charge in [-0.3, -0.25) is 9.59 Å². The number of para-hydroxylation sites is 1. The Morgan fingerprint density at radius 1 is 1.05 bits per heavy atom. The number of ether oxygens (including phenoxy) is 3. The van der Waals surface area contributed by atoms with Crippen molar-refractivity contribution in [3.05, 3.63) is 82.9 Å². The summed E-state index contributed by atoms with van der Waals surface area (Å²) in [6, 6.07) is 14.1. The molecule has 0 bridgehead atoms. The number of aliphatic hydroxyl groups is 1. The number of phenols is 1. The van der Waals surface area contributed by atoms with Gasteiger partial charge in [-0.05, 0) is 41.8 Å². The SMILES string of the molecule is O=C(CCNC(=O)C1=C[C@H]2OCO[C@H]2[C@H](OC(=O)c2cccc(C=CCc3ccccc3O)c2)C1)NCCO. The van der Waals surface area contributed by atoms with Gasteiger partial charge >= 0.3 is 5.97 Å². The standard InChI is InChI=1S/C29H32N2O8/c32-14-13-30-26(34)11-12-31-28(35)22-16-24-27(38-18-37-24)25(17-22)39-29(36)21-9-4-6-19(15-21)5-3-8-20-7-1-2-10-23(20)33/h1-7,9-10,15-16,24-25,27,32-33H,8,11-14,17-18H2,(H,30,34)(H,31,35)/t24-,25-,27-/m1/s1. The van der Waals surface area contributed by atoms with Crippen molar-refractivity contribution in [2.75, 3.05) is 26.5 Å². The van der Waals surface area contributed by atoms with Crippen LogP contribution in [0.3, 0.4) is 0 Å². The first-order valence-electron chi connectivity index (χ1n) is 12.8. The van der Waals surface area contributed by atoms with E-state index < -0.39 is 24.3 Å². The van der Waals surface area contributed by atoms with E-state index in [2.05, 4.69) is 10.6 Å². The molecule has 3 atom stereocenters. The van der Waals surface area contributed by atoms with E-state index in [0.717, 1.165) is 11.1 Å². The smallest absolute Gasteiger partial charge is 0.338 e. The summed E-state index contributed by atoms with van der Waals surface area (Å²) < 4.78 is 17.0. The van der Waals surface area contributed by atoms with Gasteiger partial charge in [0.05, 0.1) is 12.2 Å². The fraction of sp³-hybridized carbons (Fsp3) is 0.345. The van der Waals surface area contributed by atoms with Crippen LogP contribution in [0.4, 0.5) is 0 Å². The highest BCUT2D eigenvalue weighted by atomic mass is 16.7. The van der Waals surface area contributed by atoms with E-state index in [0.29, 0.717) is 17.6 Å². The van der Waals surface area contributed by atoms with Crippen molar-refractivity contribution < 1.29 is 38.8 Å². The van der Waals surface area contributed by atoms with Gasteiger partial charge < -0.3 is 35.1 Å². The fourth-order valence-corrected chi connectivity index (χ4v) is 4.39. The highest BCUT2D eigenvalue weighted by Crippen LogP contribution is 2.31. The number of carbonyl (C=O) groups excluding carboxylic acids is 3. The third kappa shape index (κ3) is 7.76. The molecule has 0 radical (unpaired) electrons. The first-order chi connectivity index (χ1) is 18.9. The number of aromatic hydroxyl groups is 1. The summed E-state index contributed by atoms with van der Waals surface area (Å²) in [5.74, 6) is -0.977. The van der Waals surface area contributed by atoms with E-state index in [1.165, 1.54) is 0 Å². The van der Waals surface area contributed by atoms with E-state index in [1.54, 1.807) is 36.4 Å². The van der Waals surface area contributed by atoms with Crippen LogP contribution in [-0.2, 0) is 30.2 Å². The first-order valence-corrected chi connectivity index (χ1v) is 12.8. The Hall–Kier alpha value is -3.99. The molecule has 4 N–H and O–H groups in total. The molecule has 2 aromatic carbocycles.